The topological polar surface area (TPSA) is 87.5 Å². The first-order valence-corrected chi connectivity index (χ1v) is 13.3. The van der Waals surface area contributed by atoms with Gasteiger partial charge in [-0.15, -0.1) is 0 Å². The molecule has 1 amide bonds. The molecule has 0 bridgehead atoms. The third-order valence-electron chi connectivity index (χ3n) is 6.97. The first-order valence-electron chi connectivity index (χ1n) is 12.3. The zero-order valence-electron chi connectivity index (χ0n) is 19.8. The van der Waals surface area contributed by atoms with Gasteiger partial charge >= 0.3 is 0 Å². The Morgan fingerprint density at radius 2 is 1.94 bits per heavy atom. The molecule has 1 aromatic heterocycles. The summed E-state index contributed by atoms with van der Waals surface area (Å²) in [5.41, 5.74) is 9.15. The van der Waals surface area contributed by atoms with E-state index >= 15 is 0 Å². The van der Waals surface area contributed by atoms with Crippen LogP contribution in [0.1, 0.15) is 41.2 Å². The summed E-state index contributed by atoms with van der Waals surface area (Å²) >= 11 is 1.95. The highest BCUT2D eigenvalue weighted by molar-refractivity contribution is 7.97. The highest BCUT2D eigenvalue weighted by Gasteiger charge is 2.26. The number of hydrogen-bond acceptors (Lipinski definition) is 6. The number of hydrogen-bond donors (Lipinski definition) is 2. The molecule has 2 aliphatic rings. The molecule has 186 valence electrons. The van der Waals surface area contributed by atoms with Crippen molar-refractivity contribution in [3.63, 3.8) is 0 Å². The van der Waals surface area contributed by atoms with Crippen molar-refractivity contribution >= 4 is 28.8 Å². The van der Waals surface area contributed by atoms with Gasteiger partial charge in [0.1, 0.15) is 11.3 Å². The van der Waals surface area contributed by atoms with Gasteiger partial charge in [0.15, 0.2) is 0 Å². The molecule has 0 unspecified atom stereocenters. The maximum Gasteiger partial charge on any atom is 0.251 e. The SMILES string of the molecule is NC(=O)c1cc(-c2cccc(F)c2)cc2c(C3CCN(SCCCN4CCOCC4)CC3)[nH]nc12. The number of fused-ring (bicyclic) bond motifs is 1. The summed E-state index contributed by atoms with van der Waals surface area (Å²) < 4.78 is 21.7. The van der Waals surface area contributed by atoms with Gasteiger partial charge in [-0.3, -0.25) is 19.1 Å². The number of H-pyrrole nitrogens is 1. The lowest BCUT2D eigenvalue weighted by Gasteiger charge is -2.31. The zero-order valence-corrected chi connectivity index (χ0v) is 20.7. The molecule has 9 heteroatoms. The van der Waals surface area contributed by atoms with Crippen LogP contribution in [-0.2, 0) is 4.74 Å². The lowest BCUT2D eigenvalue weighted by molar-refractivity contribution is 0.0381. The zero-order chi connectivity index (χ0) is 24.2. The fourth-order valence-electron chi connectivity index (χ4n) is 5.05. The van der Waals surface area contributed by atoms with Crippen LogP contribution in [0, 0.1) is 5.82 Å². The van der Waals surface area contributed by atoms with Crippen molar-refractivity contribution in [2.75, 3.05) is 51.7 Å². The number of nitrogens with one attached hydrogen (secondary N) is 1. The van der Waals surface area contributed by atoms with E-state index in [0.29, 0.717) is 22.6 Å². The molecule has 2 saturated heterocycles. The van der Waals surface area contributed by atoms with Crippen LogP contribution in [0.15, 0.2) is 36.4 Å². The van der Waals surface area contributed by atoms with Gasteiger partial charge in [0, 0.05) is 48.9 Å². The Labute approximate surface area is 209 Å². The number of halogens is 1. The number of benzene rings is 2. The van der Waals surface area contributed by atoms with E-state index in [2.05, 4.69) is 19.4 Å². The largest absolute Gasteiger partial charge is 0.379 e. The molecule has 0 atom stereocenters. The van der Waals surface area contributed by atoms with Crippen LogP contribution in [-0.4, -0.2) is 77.0 Å². The average Bonchev–Trinajstić information content (AvgIpc) is 3.31. The van der Waals surface area contributed by atoms with E-state index in [1.54, 1.807) is 12.1 Å². The van der Waals surface area contributed by atoms with E-state index in [0.717, 1.165) is 81.2 Å². The Morgan fingerprint density at radius 1 is 1.14 bits per heavy atom. The number of carbonyl (C=O) groups excluding carboxylic acids is 1. The summed E-state index contributed by atoms with van der Waals surface area (Å²) in [5.74, 6) is 0.613. The van der Waals surface area contributed by atoms with Gasteiger partial charge in [-0.2, -0.15) is 5.10 Å². The second-order valence-corrected chi connectivity index (χ2v) is 10.5. The molecule has 2 aromatic carbocycles. The minimum absolute atomic E-state index is 0.314. The molecule has 3 aromatic rings. The van der Waals surface area contributed by atoms with Gasteiger partial charge in [0.05, 0.1) is 18.8 Å². The van der Waals surface area contributed by atoms with Gasteiger partial charge in [-0.1, -0.05) is 24.1 Å². The van der Waals surface area contributed by atoms with Crippen LogP contribution in [0.5, 0.6) is 0 Å². The molecule has 35 heavy (non-hydrogen) atoms. The van der Waals surface area contributed by atoms with E-state index in [9.17, 15) is 9.18 Å². The van der Waals surface area contributed by atoms with Crippen molar-refractivity contribution in [3.05, 3.63) is 53.5 Å². The van der Waals surface area contributed by atoms with E-state index in [4.69, 9.17) is 10.5 Å². The normalized spacial score (nSPS) is 18.3. The van der Waals surface area contributed by atoms with Crippen molar-refractivity contribution in [1.82, 2.24) is 19.4 Å². The molecule has 0 aliphatic carbocycles. The van der Waals surface area contributed by atoms with Crippen molar-refractivity contribution in [2.24, 2.45) is 5.73 Å². The Morgan fingerprint density at radius 3 is 2.69 bits per heavy atom. The Kier molecular flexibility index (Phi) is 7.67. The summed E-state index contributed by atoms with van der Waals surface area (Å²) in [4.78, 5) is 14.7. The summed E-state index contributed by atoms with van der Waals surface area (Å²) in [6.45, 7) is 6.97. The maximum absolute atomic E-state index is 13.9. The third-order valence-corrected chi connectivity index (χ3v) is 8.17. The van der Waals surface area contributed by atoms with E-state index < -0.39 is 5.91 Å². The molecule has 3 N–H and O–H groups in total. The fourth-order valence-corrected chi connectivity index (χ4v) is 6.04. The Bertz CT molecular complexity index is 1170. The summed E-state index contributed by atoms with van der Waals surface area (Å²) in [6, 6.07) is 10.1. The second kappa shape index (κ2) is 11.1. The Hall–Kier alpha value is -2.46. The predicted octanol–water partition coefficient (Wildman–Crippen LogP) is 4.02. The molecule has 3 heterocycles. The lowest BCUT2D eigenvalue weighted by Crippen LogP contribution is -2.37. The number of primary amides is 1. The van der Waals surface area contributed by atoms with Gasteiger partial charge < -0.3 is 10.5 Å². The number of ether oxygens (including phenoxy) is 1. The summed E-state index contributed by atoms with van der Waals surface area (Å²) in [7, 11) is 0. The molecular weight excluding hydrogens is 465 g/mol. The molecular formula is C26H32FN5O2S. The van der Waals surface area contributed by atoms with E-state index in [1.807, 2.05) is 24.1 Å². The predicted molar refractivity (Wildman–Crippen MR) is 138 cm³/mol. The third kappa shape index (κ3) is 5.69. The van der Waals surface area contributed by atoms with Crippen LogP contribution in [0.3, 0.4) is 0 Å². The number of piperidine rings is 1. The monoisotopic (exact) mass is 497 g/mol. The fraction of sp³-hybridized carbons (Fsp3) is 0.462. The van der Waals surface area contributed by atoms with Gasteiger partial charge in [-0.25, -0.2) is 4.39 Å². The summed E-state index contributed by atoms with van der Waals surface area (Å²) in [5, 5.41) is 8.56. The standard InChI is InChI=1S/C26H32FN5O2S/c27-21-4-1-3-19(15-21)20-16-22-24(29-30-25(22)23(17-20)26(28)33)18-5-8-32(9-6-18)35-14-2-7-31-10-12-34-13-11-31/h1,3-4,15-18H,2,5-14H2,(H2,28,33)(H,29,30). The number of amides is 1. The minimum Gasteiger partial charge on any atom is -0.379 e. The number of nitrogens with two attached hydrogens (primary N) is 1. The number of aromatic amines is 1. The van der Waals surface area contributed by atoms with Crippen LogP contribution in [0.4, 0.5) is 4.39 Å². The average molecular weight is 498 g/mol. The van der Waals surface area contributed by atoms with Gasteiger partial charge in [-0.05, 0) is 61.2 Å². The summed E-state index contributed by atoms with van der Waals surface area (Å²) in [6.07, 6.45) is 3.22. The van der Waals surface area contributed by atoms with E-state index in [1.165, 1.54) is 18.6 Å². The minimum atomic E-state index is -0.533. The number of carbonyl (C=O) groups is 1. The number of morpholine rings is 1. The molecule has 5 rings (SSSR count). The number of rotatable bonds is 8. The number of nitrogens with zero attached hydrogens (tertiary/aromatic N) is 3. The highest BCUT2D eigenvalue weighted by Crippen LogP contribution is 2.36. The molecule has 2 fully saturated rings. The van der Waals surface area contributed by atoms with Gasteiger partial charge in [0.25, 0.3) is 5.91 Å². The van der Waals surface area contributed by atoms with Crippen LogP contribution >= 0.6 is 11.9 Å². The molecule has 0 radical (unpaired) electrons. The smallest absolute Gasteiger partial charge is 0.251 e. The quantitative estimate of drug-likeness (QED) is 0.361. The molecule has 7 nitrogen and oxygen atoms in total. The number of aromatic nitrogens is 2. The van der Waals surface area contributed by atoms with Crippen LogP contribution < -0.4 is 5.73 Å². The van der Waals surface area contributed by atoms with Crippen molar-refractivity contribution in [1.29, 1.82) is 0 Å². The van der Waals surface area contributed by atoms with Gasteiger partial charge in [0.2, 0.25) is 0 Å². The molecule has 2 aliphatic heterocycles. The molecule has 0 spiro atoms. The van der Waals surface area contributed by atoms with Crippen molar-refractivity contribution in [2.45, 2.75) is 25.2 Å². The first-order chi connectivity index (χ1) is 17.1. The van der Waals surface area contributed by atoms with E-state index in [-0.39, 0.29) is 5.82 Å². The second-order valence-electron chi connectivity index (χ2n) is 9.28. The van der Waals surface area contributed by atoms with Crippen LogP contribution in [0.25, 0.3) is 22.0 Å². The lowest BCUT2D eigenvalue weighted by atomic mass is 9.90. The van der Waals surface area contributed by atoms with Crippen molar-refractivity contribution < 1.29 is 13.9 Å². The molecule has 0 saturated carbocycles. The van der Waals surface area contributed by atoms with Crippen LogP contribution in [0.2, 0.25) is 0 Å². The highest BCUT2D eigenvalue weighted by atomic mass is 32.2. The Balaban J connectivity index is 1.25. The first kappa shape index (κ1) is 24.2. The van der Waals surface area contributed by atoms with Crippen molar-refractivity contribution in [3.8, 4) is 11.1 Å². The maximum atomic E-state index is 13.9.